The first-order valence-corrected chi connectivity index (χ1v) is 6.55. The van der Waals surface area contributed by atoms with Gasteiger partial charge in [0.1, 0.15) is 5.76 Å². The summed E-state index contributed by atoms with van der Waals surface area (Å²) in [6.07, 6.45) is 7.80. The van der Waals surface area contributed by atoms with Gasteiger partial charge in [-0.1, -0.05) is 0 Å². The minimum Gasteiger partial charge on any atom is -0.469 e. The molecule has 0 saturated carbocycles. The van der Waals surface area contributed by atoms with Crippen molar-refractivity contribution in [3.05, 3.63) is 42.1 Å². The Morgan fingerprint density at radius 2 is 2.39 bits per heavy atom. The predicted octanol–water partition coefficient (Wildman–Crippen LogP) is 2.61. The van der Waals surface area contributed by atoms with Gasteiger partial charge in [0.15, 0.2) is 0 Å². The molecule has 98 valence electrons. The molecule has 1 N–H and O–H groups in total. The lowest BCUT2D eigenvalue weighted by atomic mass is 10.1. The van der Waals surface area contributed by atoms with Crippen LogP contribution in [0, 0.1) is 0 Å². The molecule has 0 spiro atoms. The molecule has 0 aromatic carbocycles. The molecule has 18 heavy (non-hydrogen) atoms. The Hall–Kier alpha value is -1.55. The topological polar surface area (TPSA) is 43.0 Å². The van der Waals surface area contributed by atoms with E-state index in [-0.39, 0.29) is 0 Å². The second kappa shape index (κ2) is 6.40. The molecule has 0 fully saturated rings. The number of aryl methyl sites for hydroxylation is 2. The van der Waals surface area contributed by atoms with Crippen molar-refractivity contribution >= 4 is 0 Å². The van der Waals surface area contributed by atoms with E-state index in [1.54, 1.807) is 6.26 Å². The third-order valence-corrected chi connectivity index (χ3v) is 3.07. The van der Waals surface area contributed by atoms with Crippen LogP contribution in [0.4, 0.5) is 0 Å². The molecule has 0 saturated heterocycles. The molecule has 0 aliphatic heterocycles. The maximum atomic E-state index is 5.32. The van der Waals surface area contributed by atoms with E-state index in [0.717, 1.165) is 31.7 Å². The Morgan fingerprint density at radius 3 is 3.06 bits per heavy atom. The molecule has 4 heteroatoms. The van der Waals surface area contributed by atoms with Crippen LogP contribution >= 0.6 is 0 Å². The largest absolute Gasteiger partial charge is 0.469 e. The maximum Gasteiger partial charge on any atom is 0.103 e. The fourth-order valence-corrected chi connectivity index (χ4v) is 1.88. The summed E-state index contributed by atoms with van der Waals surface area (Å²) >= 11 is 0. The molecule has 4 nitrogen and oxygen atoms in total. The molecular formula is C14H21N3O. The molecule has 2 heterocycles. The number of hydrogen-bond donors (Lipinski definition) is 1. The first kappa shape index (κ1) is 12.9. The van der Waals surface area contributed by atoms with Crippen LogP contribution in [0.25, 0.3) is 0 Å². The minimum atomic E-state index is 0.472. The molecule has 2 aromatic rings. The van der Waals surface area contributed by atoms with E-state index < -0.39 is 0 Å². The highest BCUT2D eigenvalue weighted by molar-refractivity contribution is 5.03. The highest BCUT2D eigenvalue weighted by Gasteiger charge is 2.04. The summed E-state index contributed by atoms with van der Waals surface area (Å²) < 4.78 is 7.27. The van der Waals surface area contributed by atoms with Gasteiger partial charge in [-0.25, -0.2) is 0 Å². The van der Waals surface area contributed by atoms with Crippen molar-refractivity contribution in [2.45, 2.75) is 45.8 Å². The van der Waals surface area contributed by atoms with E-state index in [4.69, 9.17) is 4.42 Å². The summed E-state index contributed by atoms with van der Waals surface area (Å²) in [6.45, 7) is 6.09. The molecule has 0 bridgehead atoms. The smallest absolute Gasteiger partial charge is 0.103 e. The summed E-state index contributed by atoms with van der Waals surface area (Å²) in [4.78, 5) is 0. The second-order valence-corrected chi connectivity index (χ2v) is 4.60. The van der Waals surface area contributed by atoms with E-state index in [9.17, 15) is 0 Å². The summed E-state index contributed by atoms with van der Waals surface area (Å²) in [7, 11) is 0. The van der Waals surface area contributed by atoms with Gasteiger partial charge in [0, 0.05) is 37.3 Å². The van der Waals surface area contributed by atoms with Crippen LogP contribution in [0.5, 0.6) is 0 Å². The van der Waals surface area contributed by atoms with E-state index in [1.807, 2.05) is 23.0 Å². The Balaban J connectivity index is 1.69. The average Bonchev–Trinajstić information content (AvgIpc) is 3.04. The fourth-order valence-electron chi connectivity index (χ4n) is 1.88. The van der Waals surface area contributed by atoms with E-state index in [1.165, 1.54) is 5.56 Å². The van der Waals surface area contributed by atoms with Gasteiger partial charge in [-0.15, -0.1) is 0 Å². The zero-order valence-corrected chi connectivity index (χ0v) is 11.1. The van der Waals surface area contributed by atoms with Gasteiger partial charge < -0.3 is 9.73 Å². The van der Waals surface area contributed by atoms with Crippen molar-refractivity contribution in [1.29, 1.82) is 0 Å². The number of furan rings is 1. The second-order valence-electron chi connectivity index (χ2n) is 4.60. The monoisotopic (exact) mass is 247 g/mol. The summed E-state index contributed by atoms with van der Waals surface area (Å²) in [6, 6.07) is 4.44. The van der Waals surface area contributed by atoms with Crippen molar-refractivity contribution in [3.63, 3.8) is 0 Å². The van der Waals surface area contributed by atoms with Gasteiger partial charge in [0.05, 0.1) is 12.5 Å². The molecule has 0 aliphatic rings. The van der Waals surface area contributed by atoms with Crippen molar-refractivity contribution in [1.82, 2.24) is 15.1 Å². The molecular weight excluding hydrogens is 226 g/mol. The van der Waals surface area contributed by atoms with Crippen molar-refractivity contribution in [3.8, 4) is 0 Å². The Bertz CT molecular complexity index is 447. The van der Waals surface area contributed by atoms with Gasteiger partial charge in [0.2, 0.25) is 0 Å². The highest BCUT2D eigenvalue weighted by Crippen LogP contribution is 2.06. The fraction of sp³-hybridized carbons (Fsp3) is 0.500. The Morgan fingerprint density at radius 1 is 1.50 bits per heavy atom. The average molecular weight is 247 g/mol. The third-order valence-electron chi connectivity index (χ3n) is 3.07. The number of nitrogens with one attached hydrogen (secondary N) is 1. The zero-order chi connectivity index (χ0) is 12.8. The Kier molecular flexibility index (Phi) is 4.59. The normalized spacial score (nSPS) is 12.8. The zero-order valence-electron chi connectivity index (χ0n) is 11.1. The van der Waals surface area contributed by atoms with Crippen LogP contribution < -0.4 is 5.32 Å². The highest BCUT2D eigenvalue weighted by atomic mass is 16.3. The van der Waals surface area contributed by atoms with Gasteiger partial charge in [-0.3, -0.25) is 4.68 Å². The van der Waals surface area contributed by atoms with Crippen LogP contribution in [0.15, 0.2) is 35.2 Å². The van der Waals surface area contributed by atoms with Crippen LogP contribution in [-0.4, -0.2) is 15.8 Å². The van der Waals surface area contributed by atoms with E-state index >= 15 is 0 Å². The van der Waals surface area contributed by atoms with Gasteiger partial charge >= 0.3 is 0 Å². The van der Waals surface area contributed by atoms with Crippen LogP contribution in [0.3, 0.4) is 0 Å². The Labute approximate surface area is 108 Å². The molecule has 1 unspecified atom stereocenters. The number of nitrogens with zero attached hydrogens (tertiary/aromatic N) is 2. The van der Waals surface area contributed by atoms with Gasteiger partial charge in [0.25, 0.3) is 0 Å². The van der Waals surface area contributed by atoms with Crippen LogP contribution in [0.2, 0.25) is 0 Å². The summed E-state index contributed by atoms with van der Waals surface area (Å²) in [5.41, 5.74) is 1.24. The lowest BCUT2D eigenvalue weighted by Gasteiger charge is -2.11. The van der Waals surface area contributed by atoms with Crippen molar-refractivity contribution < 1.29 is 4.42 Å². The lowest BCUT2D eigenvalue weighted by molar-refractivity contribution is 0.460. The van der Waals surface area contributed by atoms with Gasteiger partial charge in [-0.2, -0.15) is 5.10 Å². The first-order chi connectivity index (χ1) is 8.78. The number of rotatable bonds is 7. The van der Waals surface area contributed by atoms with E-state index in [2.05, 4.69) is 30.5 Å². The molecule has 2 rings (SSSR count). The molecule has 0 radical (unpaired) electrons. The SMILES string of the molecule is CCn1cc(CNC(C)CCc2ccco2)cn1. The summed E-state index contributed by atoms with van der Waals surface area (Å²) in [5.74, 6) is 1.06. The number of aromatic nitrogens is 2. The third kappa shape index (κ3) is 3.74. The predicted molar refractivity (Wildman–Crippen MR) is 71.2 cm³/mol. The van der Waals surface area contributed by atoms with Crippen LogP contribution in [-0.2, 0) is 19.5 Å². The standard InChI is InChI=1S/C14H21N3O/c1-3-17-11-13(10-16-17)9-15-12(2)6-7-14-5-4-8-18-14/h4-5,8,10-12,15H,3,6-7,9H2,1-2H3. The van der Waals surface area contributed by atoms with Crippen molar-refractivity contribution in [2.75, 3.05) is 0 Å². The molecule has 1 atom stereocenters. The quantitative estimate of drug-likeness (QED) is 0.818. The molecule has 0 amide bonds. The maximum absolute atomic E-state index is 5.32. The summed E-state index contributed by atoms with van der Waals surface area (Å²) in [5, 5.41) is 7.76. The van der Waals surface area contributed by atoms with Crippen LogP contribution in [0.1, 0.15) is 31.6 Å². The minimum absolute atomic E-state index is 0.472. The van der Waals surface area contributed by atoms with Gasteiger partial charge in [-0.05, 0) is 32.4 Å². The molecule has 2 aromatic heterocycles. The van der Waals surface area contributed by atoms with E-state index in [0.29, 0.717) is 6.04 Å². The first-order valence-electron chi connectivity index (χ1n) is 6.55. The van der Waals surface area contributed by atoms with Crippen molar-refractivity contribution in [2.24, 2.45) is 0 Å². The molecule has 0 aliphatic carbocycles. The lowest BCUT2D eigenvalue weighted by Crippen LogP contribution is -2.25. The number of hydrogen-bond acceptors (Lipinski definition) is 3.